The molecule has 0 saturated heterocycles. The number of anilines is 1. The Morgan fingerprint density at radius 2 is 1.94 bits per heavy atom. The fourth-order valence-electron chi connectivity index (χ4n) is 1.70. The van der Waals surface area contributed by atoms with Crippen LogP contribution in [0.5, 0.6) is 5.75 Å². The lowest BCUT2D eigenvalue weighted by Gasteiger charge is -2.17. The van der Waals surface area contributed by atoms with E-state index in [2.05, 4.69) is 19.2 Å². The van der Waals surface area contributed by atoms with Crippen LogP contribution >= 0.6 is 0 Å². The smallest absolute Gasteiger partial charge is 0.252 e. The Morgan fingerprint density at radius 1 is 1.33 bits per heavy atom. The first-order valence-electron chi connectivity index (χ1n) is 6.04. The van der Waals surface area contributed by atoms with Gasteiger partial charge in [0.1, 0.15) is 11.9 Å². The fraction of sp³-hybridized carbons (Fsp3) is 0.500. The van der Waals surface area contributed by atoms with E-state index in [9.17, 15) is 9.90 Å². The van der Waals surface area contributed by atoms with Gasteiger partial charge in [0.05, 0.1) is 7.11 Å². The van der Waals surface area contributed by atoms with Gasteiger partial charge < -0.3 is 15.2 Å². The van der Waals surface area contributed by atoms with Gasteiger partial charge in [0.15, 0.2) is 0 Å². The van der Waals surface area contributed by atoms with Crippen LogP contribution < -0.4 is 10.1 Å². The van der Waals surface area contributed by atoms with E-state index in [4.69, 9.17) is 4.74 Å². The summed E-state index contributed by atoms with van der Waals surface area (Å²) in [6.07, 6.45) is -1.02. The van der Waals surface area contributed by atoms with E-state index in [1.165, 1.54) is 6.92 Å². The van der Waals surface area contributed by atoms with E-state index in [1.54, 1.807) is 7.11 Å². The second-order valence-electron chi connectivity index (χ2n) is 4.73. The SMILES string of the molecule is COc1cc(C)c(NC(=O)C(C)O)cc1C(C)C. The molecule has 0 spiro atoms. The molecule has 0 saturated carbocycles. The van der Waals surface area contributed by atoms with E-state index >= 15 is 0 Å². The van der Waals surface area contributed by atoms with Crippen LogP contribution in [0.1, 0.15) is 37.8 Å². The van der Waals surface area contributed by atoms with Crippen LogP contribution in [0.25, 0.3) is 0 Å². The molecular formula is C14H21NO3. The van der Waals surface area contributed by atoms with Gasteiger partial charge in [0.2, 0.25) is 0 Å². The van der Waals surface area contributed by atoms with Gasteiger partial charge in [-0.15, -0.1) is 0 Å². The summed E-state index contributed by atoms with van der Waals surface area (Å²) in [4.78, 5) is 11.5. The molecule has 1 atom stereocenters. The minimum Gasteiger partial charge on any atom is -0.496 e. The summed E-state index contributed by atoms with van der Waals surface area (Å²) in [6, 6.07) is 3.80. The molecule has 100 valence electrons. The van der Waals surface area contributed by atoms with Gasteiger partial charge in [-0.3, -0.25) is 4.79 Å². The number of hydrogen-bond acceptors (Lipinski definition) is 3. The molecule has 0 heterocycles. The molecule has 0 fully saturated rings. The predicted octanol–water partition coefficient (Wildman–Crippen LogP) is 2.45. The Bertz CT molecular complexity index is 439. The summed E-state index contributed by atoms with van der Waals surface area (Å²) in [5.74, 6) is 0.707. The number of carbonyl (C=O) groups excluding carboxylic acids is 1. The van der Waals surface area contributed by atoms with Crippen molar-refractivity contribution < 1.29 is 14.6 Å². The van der Waals surface area contributed by atoms with Gasteiger partial charge in [-0.1, -0.05) is 13.8 Å². The number of nitrogens with one attached hydrogen (secondary N) is 1. The molecule has 0 bridgehead atoms. The Balaban J connectivity index is 3.13. The van der Waals surface area contributed by atoms with Crippen molar-refractivity contribution in [2.75, 3.05) is 12.4 Å². The van der Waals surface area contributed by atoms with Crippen LogP contribution in [0.2, 0.25) is 0 Å². The predicted molar refractivity (Wildman–Crippen MR) is 72.1 cm³/mol. The number of rotatable bonds is 4. The number of aliphatic hydroxyl groups is 1. The summed E-state index contributed by atoms with van der Waals surface area (Å²) in [7, 11) is 1.63. The van der Waals surface area contributed by atoms with Crippen molar-refractivity contribution in [3.05, 3.63) is 23.3 Å². The zero-order valence-electron chi connectivity index (χ0n) is 11.6. The highest BCUT2D eigenvalue weighted by Gasteiger charge is 2.14. The lowest BCUT2D eigenvalue weighted by molar-refractivity contribution is -0.123. The molecule has 18 heavy (non-hydrogen) atoms. The van der Waals surface area contributed by atoms with Crippen LogP contribution in [0.4, 0.5) is 5.69 Å². The molecule has 0 aromatic heterocycles. The van der Waals surface area contributed by atoms with Crippen LogP contribution in [-0.2, 0) is 4.79 Å². The van der Waals surface area contributed by atoms with E-state index < -0.39 is 12.0 Å². The monoisotopic (exact) mass is 251 g/mol. The highest BCUT2D eigenvalue weighted by Crippen LogP contribution is 2.31. The van der Waals surface area contributed by atoms with Crippen molar-refractivity contribution in [2.24, 2.45) is 0 Å². The second-order valence-corrected chi connectivity index (χ2v) is 4.73. The summed E-state index contributed by atoms with van der Waals surface area (Å²) < 4.78 is 5.33. The second kappa shape index (κ2) is 5.87. The van der Waals surface area contributed by atoms with Crippen molar-refractivity contribution in [1.29, 1.82) is 0 Å². The van der Waals surface area contributed by atoms with Crippen molar-refractivity contribution >= 4 is 11.6 Å². The highest BCUT2D eigenvalue weighted by atomic mass is 16.5. The van der Waals surface area contributed by atoms with Gasteiger partial charge in [-0.05, 0) is 43.0 Å². The maximum atomic E-state index is 11.5. The average molecular weight is 251 g/mol. The summed E-state index contributed by atoms with van der Waals surface area (Å²) >= 11 is 0. The molecule has 2 N–H and O–H groups in total. The highest BCUT2D eigenvalue weighted by molar-refractivity contribution is 5.94. The summed E-state index contributed by atoms with van der Waals surface area (Å²) in [5, 5.41) is 11.9. The van der Waals surface area contributed by atoms with Crippen LogP contribution in [-0.4, -0.2) is 24.2 Å². The number of aliphatic hydroxyl groups excluding tert-OH is 1. The molecular weight excluding hydrogens is 230 g/mol. The molecule has 1 unspecified atom stereocenters. The minimum absolute atomic E-state index is 0.294. The minimum atomic E-state index is -1.02. The number of aryl methyl sites for hydroxylation is 1. The molecule has 4 heteroatoms. The van der Waals surface area contributed by atoms with E-state index in [0.717, 1.165) is 16.9 Å². The molecule has 0 aliphatic heterocycles. The van der Waals surface area contributed by atoms with Gasteiger partial charge in [-0.2, -0.15) is 0 Å². The summed E-state index contributed by atoms with van der Waals surface area (Å²) in [6.45, 7) is 7.46. The topological polar surface area (TPSA) is 58.6 Å². The number of benzene rings is 1. The maximum absolute atomic E-state index is 11.5. The molecule has 0 aliphatic rings. The molecule has 4 nitrogen and oxygen atoms in total. The Hall–Kier alpha value is -1.55. The number of hydrogen-bond donors (Lipinski definition) is 2. The van der Waals surface area contributed by atoms with Crippen LogP contribution in [0, 0.1) is 6.92 Å². The normalized spacial score (nSPS) is 12.4. The first kappa shape index (κ1) is 14.5. The third-order valence-corrected chi connectivity index (χ3v) is 2.84. The van der Waals surface area contributed by atoms with E-state index in [-0.39, 0.29) is 0 Å². The third kappa shape index (κ3) is 3.23. The van der Waals surface area contributed by atoms with E-state index in [1.807, 2.05) is 19.1 Å². The number of ether oxygens (including phenoxy) is 1. The number of methoxy groups -OCH3 is 1. The van der Waals surface area contributed by atoms with Crippen molar-refractivity contribution in [2.45, 2.75) is 39.7 Å². The Kier molecular flexibility index (Phi) is 4.73. The molecule has 0 aliphatic carbocycles. The fourth-order valence-corrected chi connectivity index (χ4v) is 1.70. The van der Waals surface area contributed by atoms with Gasteiger partial charge in [-0.25, -0.2) is 0 Å². The Labute approximate surface area is 108 Å². The first-order valence-corrected chi connectivity index (χ1v) is 6.04. The van der Waals surface area contributed by atoms with Gasteiger partial charge in [0.25, 0.3) is 5.91 Å². The van der Waals surface area contributed by atoms with Crippen molar-refractivity contribution in [1.82, 2.24) is 0 Å². The van der Waals surface area contributed by atoms with Crippen molar-refractivity contribution in [3.8, 4) is 5.75 Å². The zero-order chi connectivity index (χ0) is 13.9. The van der Waals surface area contributed by atoms with Crippen molar-refractivity contribution in [3.63, 3.8) is 0 Å². The standard InChI is InChI=1S/C14H21NO3/c1-8(2)11-7-12(15-14(17)10(4)16)9(3)6-13(11)18-5/h6-8,10,16H,1-5H3,(H,15,17). The first-order chi connectivity index (χ1) is 8.36. The number of amides is 1. The average Bonchev–Trinajstić information content (AvgIpc) is 2.30. The van der Waals surface area contributed by atoms with Gasteiger partial charge >= 0.3 is 0 Å². The third-order valence-electron chi connectivity index (χ3n) is 2.84. The summed E-state index contributed by atoms with van der Waals surface area (Å²) in [5.41, 5.74) is 2.65. The van der Waals surface area contributed by atoms with Crippen LogP contribution in [0.3, 0.4) is 0 Å². The molecule has 1 aromatic rings. The quantitative estimate of drug-likeness (QED) is 0.864. The molecule has 0 radical (unpaired) electrons. The molecule has 1 rings (SSSR count). The molecule has 1 aromatic carbocycles. The van der Waals surface area contributed by atoms with Gasteiger partial charge in [0, 0.05) is 5.69 Å². The lowest BCUT2D eigenvalue weighted by Crippen LogP contribution is -2.25. The van der Waals surface area contributed by atoms with Crippen LogP contribution in [0.15, 0.2) is 12.1 Å². The maximum Gasteiger partial charge on any atom is 0.252 e. The molecule has 1 amide bonds. The Morgan fingerprint density at radius 3 is 2.39 bits per heavy atom. The zero-order valence-corrected chi connectivity index (χ0v) is 11.6. The largest absolute Gasteiger partial charge is 0.496 e. The lowest BCUT2D eigenvalue weighted by atomic mass is 9.99. The van der Waals surface area contributed by atoms with E-state index in [0.29, 0.717) is 11.6 Å². The number of carbonyl (C=O) groups is 1.